The Morgan fingerprint density at radius 2 is 0.950 bits per heavy atom. The van der Waals surface area contributed by atoms with Gasteiger partial charge in [0.1, 0.15) is 0 Å². The topological polar surface area (TPSA) is 58.9 Å². The smallest absolute Gasteiger partial charge is 0.0723 e. The van der Waals surface area contributed by atoms with Gasteiger partial charge in [-0.2, -0.15) is 0 Å². The summed E-state index contributed by atoms with van der Waals surface area (Å²) in [6.07, 6.45) is 0. The fraction of sp³-hybridized carbons (Fsp3) is 0.625. The van der Waals surface area contributed by atoms with Crippen molar-refractivity contribution in [1.29, 1.82) is 0 Å². The van der Waals surface area contributed by atoms with E-state index in [4.69, 9.17) is 19.7 Å². The van der Waals surface area contributed by atoms with Gasteiger partial charge >= 0.3 is 0 Å². The zero-order chi connectivity index (χ0) is 15.1. The van der Waals surface area contributed by atoms with Crippen molar-refractivity contribution in [2.45, 2.75) is 40.9 Å². The molecule has 0 heterocycles. The highest BCUT2D eigenvalue weighted by atomic mass is 16.5. The number of rotatable bonds is 8. The highest BCUT2D eigenvalue weighted by molar-refractivity contribution is 5.49. The first kappa shape index (κ1) is 17.1. The number of aliphatic hydroxyl groups is 2. The lowest BCUT2D eigenvalue weighted by atomic mass is 9.89. The third-order valence-corrected chi connectivity index (χ3v) is 3.90. The van der Waals surface area contributed by atoms with Gasteiger partial charge in [-0.25, -0.2) is 0 Å². The molecule has 1 rings (SSSR count). The van der Waals surface area contributed by atoms with E-state index in [0.29, 0.717) is 26.4 Å². The molecule has 0 fully saturated rings. The fourth-order valence-electron chi connectivity index (χ4n) is 2.38. The molecule has 0 radical (unpaired) electrons. The Kier molecular flexibility index (Phi) is 7.16. The van der Waals surface area contributed by atoms with Gasteiger partial charge in [0.2, 0.25) is 0 Å². The van der Waals surface area contributed by atoms with Crippen molar-refractivity contribution in [1.82, 2.24) is 0 Å². The van der Waals surface area contributed by atoms with Crippen molar-refractivity contribution in [3.8, 4) is 0 Å². The number of aliphatic hydroxyl groups excluding tert-OH is 2. The van der Waals surface area contributed by atoms with Crippen LogP contribution in [-0.4, -0.2) is 36.6 Å². The fourth-order valence-corrected chi connectivity index (χ4v) is 2.38. The van der Waals surface area contributed by atoms with E-state index in [1.807, 2.05) is 0 Å². The Bertz CT molecular complexity index is 371. The van der Waals surface area contributed by atoms with E-state index in [0.717, 1.165) is 0 Å². The molecule has 0 saturated carbocycles. The molecule has 0 aliphatic rings. The Labute approximate surface area is 121 Å². The number of hydrogen-bond donors (Lipinski definition) is 2. The molecule has 4 heteroatoms. The van der Waals surface area contributed by atoms with Gasteiger partial charge in [-0.1, -0.05) is 0 Å². The van der Waals surface area contributed by atoms with Gasteiger partial charge in [0.15, 0.2) is 0 Å². The molecule has 2 N–H and O–H groups in total. The predicted octanol–water partition coefficient (Wildman–Crippen LogP) is 1.94. The average molecular weight is 282 g/mol. The molecule has 0 aliphatic heterocycles. The molecule has 1 aromatic rings. The van der Waals surface area contributed by atoms with E-state index < -0.39 is 0 Å². The predicted molar refractivity (Wildman–Crippen MR) is 78.9 cm³/mol. The van der Waals surface area contributed by atoms with Gasteiger partial charge in [0.05, 0.1) is 39.6 Å². The first-order valence-corrected chi connectivity index (χ1v) is 6.99. The van der Waals surface area contributed by atoms with E-state index in [1.165, 1.54) is 33.4 Å². The monoisotopic (exact) mass is 282 g/mol. The van der Waals surface area contributed by atoms with Crippen LogP contribution in [0.2, 0.25) is 0 Å². The van der Waals surface area contributed by atoms with Crippen molar-refractivity contribution in [2.24, 2.45) is 0 Å². The minimum absolute atomic E-state index is 0.0448. The summed E-state index contributed by atoms with van der Waals surface area (Å²) < 4.78 is 10.9. The average Bonchev–Trinajstić information content (AvgIpc) is 2.44. The first-order chi connectivity index (χ1) is 9.54. The van der Waals surface area contributed by atoms with E-state index in [2.05, 4.69) is 27.7 Å². The number of hydrogen-bond acceptors (Lipinski definition) is 4. The third-order valence-electron chi connectivity index (χ3n) is 3.90. The van der Waals surface area contributed by atoms with Crippen molar-refractivity contribution < 1.29 is 19.7 Å². The van der Waals surface area contributed by atoms with Crippen LogP contribution in [0.3, 0.4) is 0 Å². The molecule has 0 amide bonds. The molecule has 0 bridgehead atoms. The summed E-state index contributed by atoms with van der Waals surface area (Å²) in [6, 6.07) is 0. The molecule has 114 valence electrons. The summed E-state index contributed by atoms with van der Waals surface area (Å²) >= 11 is 0. The maximum absolute atomic E-state index is 8.79. The molecule has 0 spiro atoms. The van der Waals surface area contributed by atoms with Gasteiger partial charge in [-0.05, 0) is 61.1 Å². The number of benzene rings is 1. The first-order valence-electron chi connectivity index (χ1n) is 6.99. The summed E-state index contributed by atoms with van der Waals surface area (Å²) in [5, 5.41) is 17.6. The minimum Gasteiger partial charge on any atom is -0.394 e. The summed E-state index contributed by atoms with van der Waals surface area (Å²) in [6.45, 7) is 10.2. The molecular weight excluding hydrogens is 256 g/mol. The van der Waals surface area contributed by atoms with Crippen LogP contribution in [0.15, 0.2) is 0 Å². The maximum atomic E-state index is 8.79. The van der Waals surface area contributed by atoms with Crippen LogP contribution < -0.4 is 0 Å². The van der Waals surface area contributed by atoms with Crippen LogP contribution in [0.4, 0.5) is 0 Å². The van der Waals surface area contributed by atoms with E-state index in [1.54, 1.807) is 0 Å². The second-order valence-electron chi connectivity index (χ2n) is 5.01. The molecule has 0 unspecified atom stereocenters. The van der Waals surface area contributed by atoms with Crippen LogP contribution in [0.1, 0.15) is 33.4 Å². The van der Waals surface area contributed by atoms with Crippen LogP contribution in [0.5, 0.6) is 0 Å². The van der Waals surface area contributed by atoms with Crippen LogP contribution >= 0.6 is 0 Å². The molecule has 0 aliphatic carbocycles. The van der Waals surface area contributed by atoms with Crippen molar-refractivity contribution >= 4 is 0 Å². The summed E-state index contributed by atoms with van der Waals surface area (Å²) in [5.41, 5.74) is 7.25. The molecule has 4 nitrogen and oxygen atoms in total. The highest BCUT2D eigenvalue weighted by Crippen LogP contribution is 2.27. The standard InChI is InChI=1S/C16H26O4/c1-11-12(2)16(10-20-8-6-18)14(4)13(3)15(11)9-19-7-5-17/h17-18H,5-10H2,1-4H3. The third kappa shape index (κ3) is 4.03. The van der Waals surface area contributed by atoms with Crippen LogP contribution in [0.25, 0.3) is 0 Å². The molecule has 0 atom stereocenters. The van der Waals surface area contributed by atoms with Crippen LogP contribution in [-0.2, 0) is 22.7 Å². The van der Waals surface area contributed by atoms with Crippen molar-refractivity contribution in [2.75, 3.05) is 26.4 Å². The Morgan fingerprint density at radius 1 is 0.650 bits per heavy atom. The zero-order valence-corrected chi connectivity index (χ0v) is 13.0. The van der Waals surface area contributed by atoms with Gasteiger partial charge < -0.3 is 19.7 Å². The Morgan fingerprint density at radius 3 is 1.20 bits per heavy atom. The van der Waals surface area contributed by atoms with Crippen LogP contribution in [0, 0.1) is 27.7 Å². The maximum Gasteiger partial charge on any atom is 0.0723 e. The van der Waals surface area contributed by atoms with E-state index >= 15 is 0 Å². The highest BCUT2D eigenvalue weighted by Gasteiger charge is 2.14. The second kappa shape index (κ2) is 8.37. The lowest BCUT2D eigenvalue weighted by Crippen LogP contribution is -2.10. The van der Waals surface area contributed by atoms with E-state index in [-0.39, 0.29) is 13.2 Å². The molecule has 0 saturated heterocycles. The van der Waals surface area contributed by atoms with Gasteiger partial charge in [0, 0.05) is 0 Å². The largest absolute Gasteiger partial charge is 0.394 e. The normalized spacial score (nSPS) is 11.1. The summed E-state index contributed by atoms with van der Waals surface area (Å²) in [7, 11) is 0. The molecule has 20 heavy (non-hydrogen) atoms. The molecule has 1 aromatic carbocycles. The summed E-state index contributed by atoms with van der Waals surface area (Å²) in [4.78, 5) is 0. The summed E-state index contributed by atoms with van der Waals surface area (Å²) in [5.74, 6) is 0. The molecule has 0 aromatic heterocycles. The van der Waals surface area contributed by atoms with Gasteiger partial charge in [-0.3, -0.25) is 0 Å². The lowest BCUT2D eigenvalue weighted by Gasteiger charge is -2.20. The van der Waals surface area contributed by atoms with Gasteiger partial charge in [0.25, 0.3) is 0 Å². The second-order valence-corrected chi connectivity index (χ2v) is 5.01. The van der Waals surface area contributed by atoms with Crippen molar-refractivity contribution in [3.63, 3.8) is 0 Å². The molecular formula is C16H26O4. The number of ether oxygens (including phenoxy) is 2. The SMILES string of the molecule is Cc1c(C)c(COCCO)c(C)c(C)c1COCCO. The van der Waals surface area contributed by atoms with E-state index in [9.17, 15) is 0 Å². The van der Waals surface area contributed by atoms with Crippen molar-refractivity contribution in [3.05, 3.63) is 33.4 Å². The zero-order valence-electron chi connectivity index (χ0n) is 13.0. The quantitative estimate of drug-likeness (QED) is 0.715. The Balaban J connectivity index is 3.00. The lowest BCUT2D eigenvalue weighted by molar-refractivity contribution is 0.0792. The Hall–Kier alpha value is -0.940. The minimum atomic E-state index is 0.0448. The van der Waals surface area contributed by atoms with Gasteiger partial charge in [-0.15, -0.1) is 0 Å².